The monoisotopic (exact) mass is 310 g/mol. The zero-order valence-electron chi connectivity index (χ0n) is 9.52. The van der Waals surface area contributed by atoms with E-state index in [1.807, 2.05) is 6.07 Å². The van der Waals surface area contributed by atoms with Crippen LogP contribution in [0.2, 0.25) is 10.0 Å². The van der Waals surface area contributed by atoms with Crippen LogP contribution in [0, 0.1) is 0 Å². The molecule has 19 heavy (non-hydrogen) atoms. The zero-order valence-corrected chi connectivity index (χ0v) is 11.9. The molecule has 0 aliphatic carbocycles. The summed E-state index contributed by atoms with van der Waals surface area (Å²) in [6.45, 7) is 0. The van der Waals surface area contributed by atoms with Gasteiger partial charge in [-0.25, -0.2) is 0 Å². The van der Waals surface area contributed by atoms with Crippen molar-refractivity contribution < 1.29 is 0 Å². The van der Waals surface area contributed by atoms with Gasteiger partial charge in [0.05, 0.1) is 38.8 Å². The smallest absolute Gasteiger partial charge is 0.129 e. The van der Waals surface area contributed by atoms with Crippen LogP contribution in [0.1, 0.15) is 0 Å². The van der Waals surface area contributed by atoms with E-state index in [1.54, 1.807) is 24.3 Å². The lowest BCUT2D eigenvalue weighted by atomic mass is 10.2. The quantitative estimate of drug-likeness (QED) is 0.692. The Kier molecular flexibility index (Phi) is 3.18. The molecule has 1 heterocycles. The average Bonchev–Trinajstić information content (AvgIpc) is 2.84. The first-order valence-electron chi connectivity index (χ1n) is 5.38. The molecule has 0 aliphatic heterocycles. The Bertz CT molecular complexity index is 736. The Hall–Kier alpha value is -1.56. The Morgan fingerprint density at radius 2 is 1.79 bits per heavy atom. The topological polar surface area (TPSA) is 63.8 Å². The molecule has 3 aromatic rings. The Labute approximate surface area is 123 Å². The number of nitrogens with one attached hydrogen (secondary N) is 1. The van der Waals surface area contributed by atoms with Crippen molar-refractivity contribution in [3.05, 3.63) is 40.4 Å². The first-order valence-corrected chi connectivity index (χ1v) is 6.87. The highest BCUT2D eigenvalue weighted by Gasteiger charge is 2.13. The summed E-state index contributed by atoms with van der Waals surface area (Å²) in [7, 11) is 0. The SMILES string of the molecule is Nc1cccc(Cl)c1Nc1c(Cl)ccc2nsnc12. The molecule has 0 spiro atoms. The molecule has 3 N–H and O–H groups in total. The molecule has 4 nitrogen and oxygen atoms in total. The lowest BCUT2D eigenvalue weighted by Crippen LogP contribution is -1.98. The number of fused-ring (bicyclic) bond motifs is 1. The van der Waals surface area contributed by atoms with Gasteiger partial charge in [-0.3, -0.25) is 0 Å². The Morgan fingerprint density at radius 3 is 2.58 bits per heavy atom. The summed E-state index contributed by atoms with van der Waals surface area (Å²) < 4.78 is 8.41. The largest absolute Gasteiger partial charge is 0.397 e. The molecular formula is C12H8Cl2N4S. The number of nitrogen functional groups attached to an aromatic ring is 1. The molecule has 0 bridgehead atoms. The number of rotatable bonds is 2. The van der Waals surface area contributed by atoms with E-state index in [0.29, 0.717) is 32.6 Å². The molecule has 7 heteroatoms. The average molecular weight is 311 g/mol. The minimum absolute atomic E-state index is 0.524. The molecule has 0 amide bonds. The third kappa shape index (κ3) is 2.20. The van der Waals surface area contributed by atoms with Crippen LogP contribution in [0.25, 0.3) is 11.0 Å². The highest BCUT2D eigenvalue weighted by Crippen LogP contribution is 2.37. The first kappa shape index (κ1) is 12.5. The van der Waals surface area contributed by atoms with Crippen LogP contribution in [0.15, 0.2) is 30.3 Å². The summed E-state index contributed by atoms with van der Waals surface area (Å²) in [4.78, 5) is 0. The van der Waals surface area contributed by atoms with Gasteiger partial charge >= 0.3 is 0 Å². The number of benzene rings is 2. The summed E-state index contributed by atoms with van der Waals surface area (Å²) in [5, 5.41) is 4.22. The number of halogens is 2. The molecule has 2 aromatic carbocycles. The molecule has 0 saturated heterocycles. The van der Waals surface area contributed by atoms with Crippen molar-refractivity contribution in [3.63, 3.8) is 0 Å². The second kappa shape index (κ2) is 4.85. The van der Waals surface area contributed by atoms with E-state index in [2.05, 4.69) is 14.1 Å². The fourth-order valence-corrected chi connectivity index (χ4v) is 2.71. The van der Waals surface area contributed by atoms with Crippen molar-refractivity contribution in [3.8, 4) is 0 Å². The lowest BCUT2D eigenvalue weighted by molar-refractivity contribution is 1.54. The van der Waals surface area contributed by atoms with E-state index in [-0.39, 0.29) is 0 Å². The predicted octanol–water partition coefficient (Wildman–Crippen LogP) is 4.32. The molecule has 0 unspecified atom stereocenters. The van der Waals surface area contributed by atoms with Gasteiger partial charge in [0.15, 0.2) is 0 Å². The van der Waals surface area contributed by atoms with Crippen LogP contribution in [-0.4, -0.2) is 8.75 Å². The van der Waals surface area contributed by atoms with E-state index >= 15 is 0 Å². The fraction of sp³-hybridized carbons (Fsp3) is 0. The van der Waals surface area contributed by atoms with Gasteiger partial charge in [0, 0.05) is 0 Å². The van der Waals surface area contributed by atoms with Crippen LogP contribution in [0.3, 0.4) is 0 Å². The van der Waals surface area contributed by atoms with Crippen LogP contribution in [0.5, 0.6) is 0 Å². The zero-order chi connectivity index (χ0) is 13.4. The molecule has 96 valence electrons. The Balaban J connectivity index is 2.15. The van der Waals surface area contributed by atoms with E-state index in [0.717, 1.165) is 17.2 Å². The van der Waals surface area contributed by atoms with E-state index in [1.165, 1.54) is 0 Å². The van der Waals surface area contributed by atoms with Gasteiger partial charge < -0.3 is 11.1 Å². The maximum Gasteiger partial charge on any atom is 0.129 e. The summed E-state index contributed by atoms with van der Waals surface area (Å²) in [6.07, 6.45) is 0. The maximum absolute atomic E-state index is 6.21. The van der Waals surface area contributed by atoms with Crippen molar-refractivity contribution in [2.24, 2.45) is 0 Å². The molecular weight excluding hydrogens is 303 g/mol. The van der Waals surface area contributed by atoms with Crippen molar-refractivity contribution in [2.45, 2.75) is 0 Å². The van der Waals surface area contributed by atoms with Gasteiger partial charge in [0.2, 0.25) is 0 Å². The van der Waals surface area contributed by atoms with Crippen molar-refractivity contribution >= 4 is 63.0 Å². The van der Waals surface area contributed by atoms with Gasteiger partial charge in [0.25, 0.3) is 0 Å². The van der Waals surface area contributed by atoms with Gasteiger partial charge in [-0.05, 0) is 24.3 Å². The molecule has 0 saturated carbocycles. The van der Waals surface area contributed by atoms with Crippen LogP contribution in [0.4, 0.5) is 17.1 Å². The summed E-state index contributed by atoms with van der Waals surface area (Å²) in [5.74, 6) is 0. The molecule has 0 radical (unpaired) electrons. The van der Waals surface area contributed by atoms with Crippen molar-refractivity contribution in [1.82, 2.24) is 8.75 Å². The Morgan fingerprint density at radius 1 is 1.00 bits per heavy atom. The number of anilines is 3. The number of para-hydroxylation sites is 1. The number of hydrogen-bond donors (Lipinski definition) is 2. The normalized spacial score (nSPS) is 10.8. The molecule has 1 aromatic heterocycles. The number of nitrogens with zero attached hydrogens (tertiary/aromatic N) is 2. The molecule has 0 atom stereocenters. The number of aromatic nitrogens is 2. The van der Waals surface area contributed by atoms with Crippen LogP contribution in [-0.2, 0) is 0 Å². The van der Waals surface area contributed by atoms with E-state index in [9.17, 15) is 0 Å². The van der Waals surface area contributed by atoms with Crippen molar-refractivity contribution in [2.75, 3.05) is 11.1 Å². The molecule has 0 aliphatic rings. The highest BCUT2D eigenvalue weighted by molar-refractivity contribution is 7.00. The molecule has 0 fully saturated rings. The minimum Gasteiger partial charge on any atom is -0.397 e. The minimum atomic E-state index is 0.524. The van der Waals surface area contributed by atoms with Gasteiger partial charge in [0.1, 0.15) is 11.0 Å². The molecule has 3 rings (SSSR count). The predicted molar refractivity (Wildman–Crippen MR) is 81.6 cm³/mol. The standard InChI is InChI=1S/C12H8Cl2N4S/c13-6-2-1-3-8(15)10(6)16-11-7(14)4-5-9-12(11)18-19-17-9/h1-5,16H,15H2. The number of nitrogens with two attached hydrogens (primary N) is 1. The van der Waals surface area contributed by atoms with Gasteiger partial charge in [-0.1, -0.05) is 29.3 Å². The second-order valence-electron chi connectivity index (χ2n) is 3.88. The summed E-state index contributed by atoms with van der Waals surface area (Å²) >= 11 is 13.5. The summed E-state index contributed by atoms with van der Waals surface area (Å²) in [6, 6.07) is 8.90. The van der Waals surface area contributed by atoms with Gasteiger partial charge in [-0.15, -0.1) is 0 Å². The second-order valence-corrected chi connectivity index (χ2v) is 5.23. The summed E-state index contributed by atoms with van der Waals surface area (Å²) in [5.41, 5.74) is 9.22. The van der Waals surface area contributed by atoms with Crippen LogP contribution >= 0.6 is 34.9 Å². The number of hydrogen-bond acceptors (Lipinski definition) is 5. The van der Waals surface area contributed by atoms with Gasteiger partial charge in [-0.2, -0.15) is 8.75 Å². The third-order valence-electron chi connectivity index (χ3n) is 2.67. The fourth-order valence-electron chi connectivity index (χ4n) is 1.74. The first-order chi connectivity index (χ1) is 9.16. The third-order valence-corrected chi connectivity index (χ3v) is 3.85. The van der Waals surface area contributed by atoms with E-state index in [4.69, 9.17) is 28.9 Å². The lowest BCUT2D eigenvalue weighted by Gasteiger charge is -2.12. The maximum atomic E-state index is 6.21. The van der Waals surface area contributed by atoms with Crippen molar-refractivity contribution in [1.29, 1.82) is 0 Å². The highest BCUT2D eigenvalue weighted by atomic mass is 35.5. The van der Waals surface area contributed by atoms with E-state index < -0.39 is 0 Å². The van der Waals surface area contributed by atoms with Crippen LogP contribution < -0.4 is 11.1 Å².